The van der Waals surface area contributed by atoms with Crippen LogP contribution in [0.2, 0.25) is 5.02 Å². The van der Waals surface area contributed by atoms with Crippen molar-refractivity contribution in [2.24, 2.45) is 0 Å². The number of ether oxygens (including phenoxy) is 1. The number of benzene rings is 1. The molecule has 0 spiro atoms. The second-order valence-corrected chi connectivity index (χ2v) is 10.8. The molecule has 11 nitrogen and oxygen atoms in total. The van der Waals surface area contributed by atoms with Gasteiger partial charge in [-0.25, -0.2) is 15.0 Å². The number of esters is 1. The summed E-state index contributed by atoms with van der Waals surface area (Å²) >= 11 is 7.46. The van der Waals surface area contributed by atoms with Crippen molar-refractivity contribution in [2.45, 2.75) is 40.7 Å². The number of rotatable bonds is 8. The Morgan fingerprint density at radius 1 is 1.18 bits per heavy atom. The van der Waals surface area contributed by atoms with Crippen LogP contribution in [-0.4, -0.2) is 82.3 Å². The van der Waals surface area contributed by atoms with Gasteiger partial charge in [0.25, 0.3) is 5.91 Å². The van der Waals surface area contributed by atoms with Crippen LogP contribution in [0.3, 0.4) is 0 Å². The summed E-state index contributed by atoms with van der Waals surface area (Å²) in [6, 6.07) is 7.37. The molecule has 3 N–H and O–H groups in total. The highest BCUT2D eigenvalue weighted by atomic mass is 35.5. The van der Waals surface area contributed by atoms with Crippen molar-refractivity contribution >= 4 is 57.3 Å². The lowest BCUT2D eigenvalue weighted by Crippen LogP contribution is -2.47. The van der Waals surface area contributed by atoms with Crippen molar-refractivity contribution in [3.05, 3.63) is 51.7 Å². The van der Waals surface area contributed by atoms with Crippen LogP contribution in [0, 0.1) is 13.8 Å². The number of aliphatic hydroxyl groups is 1. The lowest BCUT2D eigenvalue weighted by atomic mass is 10.2. The number of aromatic nitrogens is 3. The summed E-state index contributed by atoms with van der Waals surface area (Å²) in [7, 11) is 0. The molecule has 13 heteroatoms. The molecule has 1 aliphatic rings. The van der Waals surface area contributed by atoms with E-state index in [2.05, 4.69) is 40.1 Å². The minimum atomic E-state index is -0.267. The fraction of sp³-hybridized carbons (Fsp3) is 0.444. The van der Waals surface area contributed by atoms with Gasteiger partial charge in [0.15, 0.2) is 5.13 Å². The lowest BCUT2D eigenvalue weighted by Gasteiger charge is -2.35. The number of aryl methyl sites for hydroxylation is 2. The number of β-amino-alcohol motifs (C(OH)–C–C–N with tert-alkyl or cyclic N) is 1. The van der Waals surface area contributed by atoms with Gasteiger partial charge in [-0.3, -0.25) is 14.5 Å². The van der Waals surface area contributed by atoms with E-state index in [9.17, 15) is 9.59 Å². The van der Waals surface area contributed by atoms with Crippen LogP contribution in [0.15, 0.2) is 30.5 Å². The average Bonchev–Trinajstić information content (AvgIpc) is 3.35. The summed E-state index contributed by atoms with van der Waals surface area (Å²) in [5, 5.41) is 16.2. The minimum Gasteiger partial charge on any atom is -0.463 e. The average molecular weight is 590 g/mol. The molecular formula is C27H36ClN7O4S. The van der Waals surface area contributed by atoms with Crippen LogP contribution in [0.4, 0.5) is 22.5 Å². The topological polar surface area (TPSA) is 133 Å². The van der Waals surface area contributed by atoms with Crippen LogP contribution in [0.1, 0.15) is 41.8 Å². The summed E-state index contributed by atoms with van der Waals surface area (Å²) in [6.45, 7) is 13.1. The van der Waals surface area contributed by atoms with Crippen molar-refractivity contribution in [1.29, 1.82) is 0 Å². The Balaban J connectivity index is 0.000000559. The number of carbonyl (C=O) groups is 2. The first-order valence-corrected chi connectivity index (χ1v) is 14.2. The number of halogens is 1. The first-order chi connectivity index (χ1) is 19.0. The maximum Gasteiger partial charge on any atom is 0.302 e. The number of hydrogen-bond donors (Lipinski definition) is 3. The van der Waals surface area contributed by atoms with E-state index in [0.29, 0.717) is 38.9 Å². The number of amides is 1. The van der Waals surface area contributed by atoms with Crippen molar-refractivity contribution in [1.82, 2.24) is 19.9 Å². The van der Waals surface area contributed by atoms with Crippen LogP contribution in [0.25, 0.3) is 0 Å². The van der Waals surface area contributed by atoms with Gasteiger partial charge >= 0.3 is 5.97 Å². The first kappa shape index (κ1) is 31.2. The number of nitrogens with one attached hydrogen (secondary N) is 2. The van der Waals surface area contributed by atoms with Gasteiger partial charge in [0.1, 0.15) is 22.3 Å². The van der Waals surface area contributed by atoms with Gasteiger partial charge in [-0.15, -0.1) is 0 Å². The standard InChI is InChI=1S/C22H26ClN7O2S.C5H10O2/c1-14-4-3-5-16(23)20(14)28-21(32)17-13-24-22(33-17)27-18-12-19(26-15(2)25-18)30-8-6-29(7-9-30)10-11-31;1-4(2)7-5(3)6/h3-5,12-13,31H,6-11H2,1-2H3,(H,28,32)(H,24,25,26,27);4H,1-3H3. The zero-order valence-electron chi connectivity index (χ0n) is 23.4. The highest BCUT2D eigenvalue weighted by Crippen LogP contribution is 2.28. The van der Waals surface area contributed by atoms with E-state index in [0.717, 1.165) is 37.6 Å². The Bertz CT molecular complexity index is 1280. The predicted octanol–water partition coefficient (Wildman–Crippen LogP) is 4.27. The Hall–Kier alpha value is -3.32. The fourth-order valence-corrected chi connectivity index (χ4v) is 4.95. The summed E-state index contributed by atoms with van der Waals surface area (Å²) in [5.41, 5.74) is 1.49. The predicted molar refractivity (Wildman–Crippen MR) is 159 cm³/mol. The molecule has 1 saturated heterocycles. The number of para-hydroxylation sites is 1. The van der Waals surface area contributed by atoms with E-state index in [1.54, 1.807) is 6.07 Å². The number of thiazole rings is 1. The van der Waals surface area contributed by atoms with Gasteiger partial charge in [0.2, 0.25) is 0 Å². The molecule has 216 valence electrons. The third kappa shape index (κ3) is 9.40. The van der Waals surface area contributed by atoms with E-state index < -0.39 is 0 Å². The summed E-state index contributed by atoms with van der Waals surface area (Å²) < 4.78 is 4.61. The molecule has 3 heterocycles. The zero-order valence-corrected chi connectivity index (χ0v) is 25.0. The molecule has 4 rings (SSSR count). The molecule has 1 fully saturated rings. The summed E-state index contributed by atoms with van der Waals surface area (Å²) in [6.07, 6.45) is 1.56. The Labute approximate surface area is 243 Å². The van der Waals surface area contributed by atoms with Gasteiger partial charge in [-0.1, -0.05) is 35.1 Å². The molecule has 1 amide bonds. The Morgan fingerprint density at radius 3 is 2.50 bits per heavy atom. The lowest BCUT2D eigenvalue weighted by molar-refractivity contribution is -0.144. The molecule has 1 aliphatic heterocycles. The van der Waals surface area contributed by atoms with Crippen LogP contribution >= 0.6 is 22.9 Å². The maximum absolute atomic E-state index is 12.7. The second kappa shape index (κ2) is 14.9. The van der Waals surface area contributed by atoms with Gasteiger partial charge < -0.3 is 25.4 Å². The molecule has 0 atom stereocenters. The van der Waals surface area contributed by atoms with Crippen LogP contribution in [0.5, 0.6) is 0 Å². The van der Waals surface area contributed by atoms with Crippen molar-refractivity contribution < 1.29 is 19.4 Å². The summed E-state index contributed by atoms with van der Waals surface area (Å²) in [4.78, 5) is 41.0. The monoisotopic (exact) mass is 589 g/mol. The van der Waals surface area contributed by atoms with Crippen molar-refractivity contribution in [2.75, 3.05) is 54.9 Å². The third-order valence-corrected chi connectivity index (χ3v) is 6.99. The van der Waals surface area contributed by atoms with E-state index >= 15 is 0 Å². The van der Waals surface area contributed by atoms with E-state index in [1.807, 2.05) is 45.9 Å². The van der Waals surface area contributed by atoms with Crippen LogP contribution in [-0.2, 0) is 9.53 Å². The molecular weight excluding hydrogens is 554 g/mol. The van der Waals surface area contributed by atoms with E-state index in [4.69, 9.17) is 16.7 Å². The molecule has 0 radical (unpaired) electrons. The highest BCUT2D eigenvalue weighted by molar-refractivity contribution is 7.17. The van der Waals surface area contributed by atoms with E-state index in [1.165, 1.54) is 24.5 Å². The molecule has 1 aromatic carbocycles. The number of carbonyl (C=O) groups excluding carboxylic acids is 2. The number of aliphatic hydroxyl groups excluding tert-OH is 1. The van der Waals surface area contributed by atoms with Crippen molar-refractivity contribution in [3.63, 3.8) is 0 Å². The van der Waals surface area contributed by atoms with Crippen LogP contribution < -0.4 is 15.5 Å². The number of nitrogens with zero attached hydrogens (tertiary/aromatic N) is 5. The Kier molecular flexibility index (Phi) is 11.6. The first-order valence-electron chi connectivity index (χ1n) is 13.0. The Morgan fingerprint density at radius 2 is 1.90 bits per heavy atom. The highest BCUT2D eigenvalue weighted by Gasteiger charge is 2.19. The molecule has 0 aliphatic carbocycles. The summed E-state index contributed by atoms with van der Waals surface area (Å²) in [5.74, 6) is 1.64. The maximum atomic E-state index is 12.7. The smallest absolute Gasteiger partial charge is 0.302 e. The van der Waals surface area contributed by atoms with Gasteiger partial charge in [0, 0.05) is 45.7 Å². The van der Waals surface area contributed by atoms with Gasteiger partial charge in [0.05, 0.1) is 29.6 Å². The molecule has 2 aromatic heterocycles. The molecule has 0 saturated carbocycles. The normalized spacial score (nSPS) is 13.4. The van der Waals surface area contributed by atoms with Gasteiger partial charge in [-0.2, -0.15) is 0 Å². The fourth-order valence-electron chi connectivity index (χ4n) is 3.96. The third-order valence-electron chi connectivity index (χ3n) is 5.76. The second-order valence-electron chi connectivity index (χ2n) is 9.41. The molecule has 0 bridgehead atoms. The SMILES string of the molecule is CC(=O)OC(C)C.Cc1nc(Nc2ncc(C(=O)Nc3c(C)cccc3Cl)s2)cc(N2CCN(CCO)CC2)n1. The molecule has 0 unspecified atom stereocenters. The number of hydrogen-bond acceptors (Lipinski definition) is 11. The van der Waals surface area contributed by atoms with Gasteiger partial charge in [-0.05, 0) is 39.3 Å². The largest absolute Gasteiger partial charge is 0.463 e. The van der Waals surface area contributed by atoms with Crippen molar-refractivity contribution in [3.8, 4) is 0 Å². The minimum absolute atomic E-state index is 0.0255. The quantitative estimate of drug-likeness (QED) is 0.327. The zero-order chi connectivity index (χ0) is 29.2. The van der Waals surface area contributed by atoms with E-state index in [-0.39, 0.29) is 24.6 Å². The molecule has 3 aromatic rings. The number of piperazine rings is 1. The molecule has 40 heavy (non-hydrogen) atoms. The number of anilines is 4.